The van der Waals surface area contributed by atoms with E-state index in [0.29, 0.717) is 5.50 Å². The molecule has 2 aliphatic rings. The predicted molar refractivity (Wildman–Crippen MR) is 101 cm³/mol. The fourth-order valence-corrected chi connectivity index (χ4v) is 4.50. The minimum absolute atomic E-state index is 0.403. The van der Waals surface area contributed by atoms with Crippen molar-refractivity contribution < 1.29 is 4.74 Å². The van der Waals surface area contributed by atoms with Gasteiger partial charge in [-0.1, -0.05) is 11.8 Å². The highest BCUT2D eigenvalue weighted by Crippen LogP contribution is 2.30. The van der Waals surface area contributed by atoms with Crippen LogP contribution in [0.3, 0.4) is 0 Å². The Bertz CT molecular complexity index is 725. The summed E-state index contributed by atoms with van der Waals surface area (Å²) >= 11 is 1.91. The minimum atomic E-state index is 0.403. The largest absolute Gasteiger partial charge is 0.383 e. The van der Waals surface area contributed by atoms with E-state index >= 15 is 0 Å². The van der Waals surface area contributed by atoms with Crippen molar-refractivity contribution in [3.8, 4) is 0 Å². The Hall–Kier alpha value is -1.54. The third-order valence-corrected chi connectivity index (χ3v) is 5.99. The van der Waals surface area contributed by atoms with Crippen LogP contribution in [0.15, 0.2) is 42.3 Å². The summed E-state index contributed by atoms with van der Waals surface area (Å²) < 4.78 is 7.25. The molecule has 0 aliphatic carbocycles. The molecule has 6 nitrogen and oxygen atoms in total. The molecule has 4 rings (SSSR count). The number of hydrogen-bond donors (Lipinski definition) is 0. The Morgan fingerprint density at radius 1 is 1.24 bits per heavy atom. The monoisotopic (exact) mass is 359 g/mol. The van der Waals surface area contributed by atoms with Gasteiger partial charge in [0.25, 0.3) is 0 Å². The number of imidazole rings is 1. The number of thioether (sulfide) groups is 1. The lowest BCUT2D eigenvalue weighted by molar-refractivity contribution is 0.0605. The first-order chi connectivity index (χ1) is 12.3. The van der Waals surface area contributed by atoms with Crippen LogP contribution < -0.4 is 0 Å². The van der Waals surface area contributed by atoms with Crippen molar-refractivity contribution in [2.75, 3.05) is 46.4 Å². The van der Waals surface area contributed by atoms with Gasteiger partial charge < -0.3 is 14.0 Å². The topological polar surface area (TPSA) is 36.2 Å². The van der Waals surface area contributed by atoms with Crippen LogP contribution in [0.4, 0.5) is 0 Å². The Balaban J connectivity index is 1.36. The van der Waals surface area contributed by atoms with Gasteiger partial charge in [-0.3, -0.25) is 9.80 Å². The van der Waals surface area contributed by atoms with E-state index in [0.717, 1.165) is 51.5 Å². The molecule has 7 heteroatoms. The van der Waals surface area contributed by atoms with E-state index in [-0.39, 0.29) is 0 Å². The van der Waals surface area contributed by atoms with Crippen LogP contribution in [0.25, 0.3) is 5.65 Å². The smallest absolute Gasteiger partial charge is 0.136 e. The Kier molecular flexibility index (Phi) is 5.26. The summed E-state index contributed by atoms with van der Waals surface area (Å²) in [7, 11) is 1.77. The zero-order valence-corrected chi connectivity index (χ0v) is 15.4. The second-order valence-corrected chi connectivity index (χ2v) is 7.48. The van der Waals surface area contributed by atoms with E-state index in [9.17, 15) is 0 Å². The van der Waals surface area contributed by atoms with E-state index in [1.165, 1.54) is 5.56 Å². The first kappa shape index (κ1) is 16.9. The molecule has 25 heavy (non-hydrogen) atoms. The molecule has 1 fully saturated rings. The number of rotatable bonds is 6. The van der Waals surface area contributed by atoms with Crippen molar-refractivity contribution >= 4 is 17.4 Å². The number of pyridine rings is 1. The standard InChI is InChI=1S/C18H25N5OS/c1-24-12-10-20-6-8-22(9-7-20)18-23(11-13-25-18)15-16-2-4-21-5-3-19-17(21)14-16/h2-5,11,13-14,18H,6-10,12,15H2,1H3. The van der Waals surface area contributed by atoms with Gasteiger partial charge in [0.15, 0.2) is 0 Å². The number of aromatic nitrogens is 2. The number of nitrogens with zero attached hydrogens (tertiary/aromatic N) is 5. The van der Waals surface area contributed by atoms with E-state index in [1.807, 2.05) is 24.2 Å². The lowest BCUT2D eigenvalue weighted by Gasteiger charge is -2.40. The van der Waals surface area contributed by atoms with Crippen LogP contribution in [-0.2, 0) is 11.3 Å². The number of ether oxygens (including phenoxy) is 1. The zero-order valence-electron chi connectivity index (χ0n) is 14.6. The normalized spacial score (nSPS) is 22.3. The Morgan fingerprint density at radius 3 is 2.96 bits per heavy atom. The summed E-state index contributed by atoms with van der Waals surface area (Å²) in [5.74, 6) is 0. The highest BCUT2D eigenvalue weighted by molar-refractivity contribution is 8.02. The van der Waals surface area contributed by atoms with Gasteiger partial charge >= 0.3 is 0 Å². The third-order valence-electron chi connectivity index (χ3n) is 4.89. The van der Waals surface area contributed by atoms with Gasteiger partial charge in [0.2, 0.25) is 0 Å². The van der Waals surface area contributed by atoms with Gasteiger partial charge in [-0.25, -0.2) is 4.98 Å². The van der Waals surface area contributed by atoms with Crippen molar-refractivity contribution in [3.63, 3.8) is 0 Å². The predicted octanol–water partition coefficient (Wildman–Crippen LogP) is 1.90. The molecule has 1 atom stereocenters. The summed E-state index contributed by atoms with van der Waals surface area (Å²) in [5.41, 5.74) is 2.71. The number of fused-ring (bicyclic) bond motifs is 1. The van der Waals surface area contributed by atoms with Crippen molar-refractivity contribution in [1.82, 2.24) is 24.1 Å². The molecule has 4 heterocycles. The fraction of sp³-hybridized carbons (Fsp3) is 0.500. The number of methoxy groups -OCH3 is 1. The average molecular weight is 359 g/mol. The third kappa shape index (κ3) is 3.84. The Morgan fingerprint density at radius 2 is 2.12 bits per heavy atom. The van der Waals surface area contributed by atoms with Gasteiger partial charge in [-0.05, 0) is 23.1 Å². The lowest BCUT2D eigenvalue weighted by Crippen LogP contribution is -2.53. The molecule has 0 radical (unpaired) electrons. The van der Waals surface area contributed by atoms with Crippen LogP contribution in [0.1, 0.15) is 5.56 Å². The van der Waals surface area contributed by atoms with Crippen LogP contribution in [0.5, 0.6) is 0 Å². The molecular formula is C18H25N5OS. The molecule has 134 valence electrons. The van der Waals surface area contributed by atoms with Crippen molar-refractivity contribution in [3.05, 3.63) is 47.9 Å². The second kappa shape index (κ2) is 7.78. The van der Waals surface area contributed by atoms with E-state index in [2.05, 4.69) is 54.0 Å². The zero-order chi connectivity index (χ0) is 17.1. The molecule has 0 N–H and O–H groups in total. The lowest BCUT2D eigenvalue weighted by atomic mass is 10.2. The summed E-state index contributed by atoms with van der Waals surface area (Å²) in [6, 6.07) is 4.36. The van der Waals surface area contributed by atoms with Crippen LogP contribution >= 0.6 is 11.8 Å². The molecule has 0 amide bonds. The summed E-state index contributed by atoms with van der Waals surface area (Å²) in [4.78, 5) is 11.9. The quantitative estimate of drug-likeness (QED) is 0.784. The summed E-state index contributed by atoms with van der Waals surface area (Å²) in [5, 5.41) is 2.22. The first-order valence-corrected chi connectivity index (χ1v) is 9.72. The van der Waals surface area contributed by atoms with E-state index in [4.69, 9.17) is 4.74 Å². The molecule has 0 aromatic carbocycles. The maximum absolute atomic E-state index is 5.19. The molecule has 2 aromatic heterocycles. The van der Waals surface area contributed by atoms with Gasteiger partial charge in [-0.15, -0.1) is 0 Å². The first-order valence-electron chi connectivity index (χ1n) is 8.78. The minimum Gasteiger partial charge on any atom is -0.383 e. The SMILES string of the molecule is COCCN1CCN(C2SC=CN2Cc2ccn3ccnc3c2)CC1. The summed E-state index contributed by atoms with van der Waals surface area (Å²) in [6.07, 6.45) is 8.14. The highest BCUT2D eigenvalue weighted by atomic mass is 32.2. The van der Waals surface area contributed by atoms with Crippen molar-refractivity contribution in [2.45, 2.75) is 12.0 Å². The molecule has 2 aliphatic heterocycles. The van der Waals surface area contributed by atoms with Crippen molar-refractivity contribution in [2.24, 2.45) is 0 Å². The van der Waals surface area contributed by atoms with Gasteiger partial charge in [0.1, 0.15) is 11.1 Å². The molecule has 2 aromatic rings. The summed E-state index contributed by atoms with van der Waals surface area (Å²) in [6.45, 7) is 7.23. The van der Waals surface area contributed by atoms with Gasteiger partial charge in [0, 0.05) is 71.2 Å². The maximum atomic E-state index is 5.19. The molecule has 0 saturated carbocycles. The molecule has 1 saturated heterocycles. The molecule has 1 unspecified atom stereocenters. The Labute approximate surface area is 153 Å². The highest BCUT2D eigenvalue weighted by Gasteiger charge is 2.29. The van der Waals surface area contributed by atoms with Gasteiger partial charge in [0.05, 0.1) is 6.61 Å². The second-order valence-electron chi connectivity index (χ2n) is 6.52. The maximum Gasteiger partial charge on any atom is 0.136 e. The average Bonchev–Trinajstić information content (AvgIpc) is 3.29. The van der Waals surface area contributed by atoms with Crippen LogP contribution in [0.2, 0.25) is 0 Å². The van der Waals surface area contributed by atoms with Crippen LogP contribution in [0, 0.1) is 0 Å². The molecule has 0 bridgehead atoms. The molecule has 0 spiro atoms. The fourth-order valence-electron chi connectivity index (χ4n) is 3.45. The van der Waals surface area contributed by atoms with E-state index in [1.54, 1.807) is 7.11 Å². The van der Waals surface area contributed by atoms with Crippen molar-refractivity contribution in [1.29, 1.82) is 0 Å². The van der Waals surface area contributed by atoms with Gasteiger partial charge in [-0.2, -0.15) is 0 Å². The van der Waals surface area contributed by atoms with E-state index < -0.39 is 0 Å². The number of piperazine rings is 1. The molecular weight excluding hydrogens is 334 g/mol. The number of hydrogen-bond acceptors (Lipinski definition) is 6. The van der Waals surface area contributed by atoms with Crippen LogP contribution in [-0.4, -0.2) is 76.0 Å².